The van der Waals surface area contributed by atoms with E-state index in [1.807, 2.05) is 23.1 Å². The van der Waals surface area contributed by atoms with Crippen LogP contribution in [0.15, 0.2) is 48.5 Å². The largest absolute Gasteiger partial charge is 0.497 e. The third kappa shape index (κ3) is 5.99. The lowest BCUT2D eigenvalue weighted by atomic mass is 9.88. The highest BCUT2D eigenvalue weighted by atomic mass is 35.5. The summed E-state index contributed by atoms with van der Waals surface area (Å²) in [5.74, 6) is 2.24. The molecule has 1 aliphatic heterocycles. The number of carbonyl (C=O) groups is 1. The van der Waals surface area contributed by atoms with Crippen molar-refractivity contribution < 1.29 is 9.53 Å². The summed E-state index contributed by atoms with van der Waals surface area (Å²) in [4.78, 5) is 16.8. The first-order chi connectivity index (χ1) is 14.4. The van der Waals surface area contributed by atoms with Gasteiger partial charge in [0.15, 0.2) is 0 Å². The minimum absolute atomic E-state index is 0.157. The fourth-order valence-corrected chi connectivity index (χ4v) is 4.55. The van der Waals surface area contributed by atoms with E-state index in [-0.39, 0.29) is 5.91 Å². The number of halogens is 1. The molecule has 1 aliphatic rings. The Morgan fingerprint density at radius 2 is 1.93 bits per heavy atom. The van der Waals surface area contributed by atoms with E-state index in [1.165, 1.54) is 11.1 Å². The highest BCUT2D eigenvalue weighted by Crippen LogP contribution is 2.35. The van der Waals surface area contributed by atoms with E-state index >= 15 is 0 Å². The number of hydrogen-bond acceptors (Lipinski definition) is 3. The first-order valence-corrected chi connectivity index (χ1v) is 11.1. The van der Waals surface area contributed by atoms with Crippen molar-refractivity contribution in [2.75, 3.05) is 33.3 Å². The van der Waals surface area contributed by atoms with Gasteiger partial charge in [-0.1, -0.05) is 49.7 Å². The van der Waals surface area contributed by atoms with Gasteiger partial charge in [-0.2, -0.15) is 0 Å². The van der Waals surface area contributed by atoms with Crippen LogP contribution in [-0.2, 0) is 11.3 Å². The molecule has 0 bridgehead atoms. The number of methoxy groups -OCH3 is 1. The number of ether oxygens (including phenoxy) is 1. The SMILES string of the molecule is COc1cccc([C@H]2CN(Cc3ccc(Cl)cc3)C[C@H]2CN(CC(C)C)C(C)=O)c1. The van der Waals surface area contributed by atoms with Crippen molar-refractivity contribution >= 4 is 17.5 Å². The Morgan fingerprint density at radius 3 is 2.57 bits per heavy atom. The van der Waals surface area contributed by atoms with Crippen molar-refractivity contribution in [1.29, 1.82) is 0 Å². The van der Waals surface area contributed by atoms with Gasteiger partial charge in [-0.05, 0) is 47.2 Å². The number of nitrogens with zero attached hydrogens (tertiary/aromatic N) is 2. The normalized spacial score (nSPS) is 19.3. The fourth-order valence-electron chi connectivity index (χ4n) is 4.43. The molecule has 2 aromatic rings. The third-order valence-electron chi connectivity index (χ3n) is 5.84. The number of rotatable bonds is 8. The van der Waals surface area contributed by atoms with Crippen LogP contribution in [0, 0.1) is 11.8 Å². The Labute approximate surface area is 185 Å². The van der Waals surface area contributed by atoms with Crippen molar-refractivity contribution in [3.05, 3.63) is 64.7 Å². The molecule has 2 atom stereocenters. The van der Waals surface area contributed by atoms with Gasteiger partial charge in [0.1, 0.15) is 5.75 Å². The molecule has 3 rings (SSSR count). The molecule has 1 amide bonds. The zero-order valence-electron chi connectivity index (χ0n) is 18.5. The van der Waals surface area contributed by atoms with Gasteiger partial charge in [-0.15, -0.1) is 0 Å². The van der Waals surface area contributed by atoms with E-state index in [9.17, 15) is 4.79 Å². The molecule has 1 fully saturated rings. The minimum atomic E-state index is 0.157. The lowest BCUT2D eigenvalue weighted by Crippen LogP contribution is -2.38. The highest BCUT2D eigenvalue weighted by Gasteiger charge is 2.35. The zero-order chi connectivity index (χ0) is 21.7. The van der Waals surface area contributed by atoms with Crippen LogP contribution in [0.2, 0.25) is 5.02 Å². The van der Waals surface area contributed by atoms with Crippen LogP contribution in [0.1, 0.15) is 37.8 Å². The maximum absolute atomic E-state index is 12.3. The zero-order valence-corrected chi connectivity index (χ0v) is 19.2. The summed E-state index contributed by atoms with van der Waals surface area (Å²) in [5, 5.41) is 0.762. The number of likely N-dealkylation sites (tertiary alicyclic amines) is 1. The van der Waals surface area contributed by atoms with E-state index in [1.54, 1.807) is 14.0 Å². The van der Waals surface area contributed by atoms with Crippen molar-refractivity contribution in [3.8, 4) is 5.75 Å². The van der Waals surface area contributed by atoms with Crippen molar-refractivity contribution in [1.82, 2.24) is 9.80 Å². The van der Waals surface area contributed by atoms with Gasteiger partial charge in [-0.3, -0.25) is 9.69 Å². The molecule has 0 saturated carbocycles. The summed E-state index contributed by atoms with van der Waals surface area (Å²) in [6.07, 6.45) is 0. The lowest BCUT2D eigenvalue weighted by molar-refractivity contribution is -0.130. The average Bonchev–Trinajstić information content (AvgIpc) is 3.11. The molecule has 0 aliphatic carbocycles. The van der Waals surface area contributed by atoms with Crippen LogP contribution in [0.25, 0.3) is 0 Å². The standard InChI is InChI=1S/C25H33ClN2O2/c1-18(2)13-28(19(3)29)16-22-15-27(14-20-8-10-23(26)11-9-20)17-25(22)21-6-5-7-24(12-21)30-4/h5-12,18,22,25H,13-17H2,1-4H3/t22-,25+/m0/s1. The van der Waals surface area contributed by atoms with Gasteiger partial charge in [0.25, 0.3) is 0 Å². The molecule has 1 heterocycles. The Kier molecular flexibility index (Phi) is 7.79. The molecule has 30 heavy (non-hydrogen) atoms. The third-order valence-corrected chi connectivity index (χ3v) is 6.10. The molecule has 0 radical (unpaired) electrons. The molecule has 0 unspecified atom stereocenters. The van der Waals surface area contributed by atoms with E-state index in [0.29, 0.717) is 17.8 Å². The van der Waals surface area contributed by atoms with Crippen LogP contribution in [0.3, 0.4) is 0 Å². The molecule has 162 valence electrons. The van der Waals surface area contributed by atoms with E-state index in [2.05, 4.69) is 49.1 Å². The molecule has 4 nitrogen and oxygen atoms in total. The molecular formula is C25H33ClN2O2. The Hall–Kier alpha value is -2.04. The predicted octanol–water partition coefficient (Wildman–Crippen LogP) is 5.07. The Bertz CT molecular complexity index is 837. The van der Waals surface area contributed by atoms with E-state index < -0.39 is 0 Å². The molecule has 2 aromatic carbocycles. The van der Waals surface area contributed by atoms with Crippen LogP contribution in [0.5, 0.6) is 5.75 Å². The Morgan fingerprint density at radius 1 is 1.20 bits per heavy atom. The second-order valence-electron chi connectivity index (χ2n) is 8.78. The smallest absolute Gasteiger partial charge is 0.219 e. The summed E-state index contributed by atoms with van der Waals surface area (Å²) in [6, 6.07) is 16.5. The van der Waals surface area contributed by atoms with Crippen LogP contribution in [-0.4, -0.2) is 49.0 Å². The van der Waals surface area contributed by atoms with E-state index in [4.69, 9.17) is 16.3 Å². The summed E-state index contributed by atoms with van der Waals surface area (Å²) >= 11 is 6.05. The van der Waals surface area contributed by atoms with E-state index in [0.717, 1.165) is 43.5 Å². The highest BCUT2D eigenvalue weighted by molar-refractivity contribution is 6.30. The van der Waals surface area contributed by atoms with Crippen LogP contribution in [0.4, 0.5) is 0 Å². The number of benzene rings is 2. The topological polar surface area (TPSA) is 32.8 Å². The van der Waals surface area contributed by atoms with Gasteiger partial charge in [0.05, 0.1) is 7.11 Å². The number of amides is 1. The number of hydrogen-bond donors (Lipinski definition) is 0. The quantitative estimate of drug-likeness (QED) is 0.588. The second-order valence-corrected chi connectivity index (χ2v) is 9.22. The summed E-state index contributed by atoms with van der Waals surface area (Å²) in [6.45, 7) is 10.4. The van der Waals surface area contributed by atoms with Crippen molar-refractivity contribution in [2.24, 2.45) is 11.8 Å². The first-order valence-electron chi connectivity index (χ1n) is 10.7. The maximum Gasteiger partial charge on any atom is 0.219 e. The maximum atomic E-state index is 12.3. The fraction of sp³-hybridized carbons (Fsp3) is 0.480. The second kappa shape index (κ2) is 10.3. The Balaban J connectivity index is 1.81. The molecular weight excluding hydrogens is 396 g/mol. The minimum Gasteiger partial charge on any atom is -0.497 e. The number of carbonyl (C=O) groups excluding carboxylic acids is 1. The molecule has 5 heteroatoms. The van der Waals surface area contributed by atoms with Crippen molar-refractivity contribution in [2.45, 2.75) is 33.2 Å². The molecule has 0 spiro atoms. The van der Waals surface area contributed by atoms with Crippen LogP contribution < -0.4 is 4.74 Å². The van der Waals surface area contributed by atoms with Crippen LogP contribution >= 0.6 is 11.6 Å². The summed E-state index contributed by atoms with van der Waals surface area (Å²) in [7, 11) is 1.71. The predicted molar refractivity (Wildman–Crippen MR) is 123 cm³/mol. The van der Waals surface area contributed by atoms with Gasteiger partial charge in [0.2, 0.25) is 5.91 Å². The van der Waals surface area contributed by atoms with Crippen molar-refractivity contribution in [3.63, 3.8) is 0 Å². The lowest BCUT2D eigenvalue weighted by Gasteiger charge is -2.29. The van der Waals surface area contributed by atoms with Gasteiger partial charge in [0, 0.05) is 50.6 Å². The monoisotopic (exact) mass is 428 g/mol. The summed E-state index contributed by atoms with van der Waals surface area (Å²) in [5.41, 5.74) is 2.54. The molecule has 1 saturated heterocycles. The van der Waals surface area contributed by atoms with Gasteiger partial charge < -0.3 is 9.64 Å². The molecule has 0 aromatic heterocycles. The van der Waals surface area contributed by atoms with Gasteiger partial charge >= 0.3 is 0 Å². The molecule has 0 N–H and O–H groups in total. The van der Waals surface area contributed by atoms with Gasteiger partial charge in [-0.25, -0.2) is 0 Å². The average molecular weight is 429 g/mol. The summed E-state index contributed by atoms with van der Waals surface area (Å²) < 4.78 is 5.46. The first kappa shape index (κ1) is 22.6.